The van der Waals surface area contributed by atoms with Crippen molar-refractivity contribution in [2.75, 3.05) is 13.1 Å². The standard InChI is InChI=1S/C20H23NO2/c1-15-13-18(23-14-16-5-3-2-4-6-16)7-8-19(15)20(22)17-9-11-21-12-10-17/h2-8,13,17,21H,9-12,14H2,1H3. The second-order valence-electron chi connectivity index (χ2n) is 6.14. The molecule has 0 spiro atoms. The van der Waals surface area contributed by atoms with Gasteiger partial charge in [-0.2, -0.15) is 0 Å². The summed E-state index contributed by atoms with van der Waals surface area (Å²) >= 11 is 0. The highest BCUT2D eigenvalue weighted by Gasteiger charge is 2.23. The fourth-order valence-electron chi connectivity index (χ4n) is 3.05. The van der Waals surface area contributed by atoms with Gasteiger partial charge in [-0.1, -0.05) is 30.3 Å². The fraction of sp³-hybridized carbons (Fsp3) is 0.350. The van der Waals surface area contributed by atoms with Crippen molar-refractivity contribution in [3.8, 4) is 5.75 Å². The third-order valence-corrected chi connectivity index (χ3v) is 4.42. The number of piperidine rings is 1. The van der Waals surface area contributed by atoms with Gasteiger partial charge in [0.2, 0.25) is 0 Å². The third-order valence-electron chi connectivity index (χ3n) is 4.42. The Bertz CT molecular complexity index is 661. The smallest absolute Gasteiger partial charge is 0.166 e. The minimum absolute atomic E-state index is 0.158. The average molecular weight is 309 g/mol. The van der Waals surface area contributed by atoms with Gasteiger partial charge in [0.15, 0.2) is 5.78 Å². The van der Waals surface area contributed by atoms with Gasteiger partial charge in [0.1, 0.15) is 12.4 Å². The summed E-state index contributed by atoms with van der Waals surface area (Å²) in [5.41, 5.74) is 2.98. The van der Waals surface area contributed by atoms with Crippen LogP contribution in [0.3, 0.4) is 0 Å². The molecule has 2 aromatic carbocycles. The van der Waals surface area contributed by atoms with E-state index in [9.17, 15) is 4.79 Å². The van der Waals surface area contributed by atoms with Gasteiger partial charge < -0.3 is 10.1 Å². The van der Waals surface area contributed by atoms with Gasteiger partial charge in [0, 0.05) is 11.5 Å². The van der Waals surface area contributed by atoms with E-state index in [2.05, 4.69) is 5.32 Å². The number of hydrogen-bond acceptors (Lipinski definition) is 3. The van der Waals surface area contributed by atoms with E-state index in [-0.39, 0.29) is 11.7 Å². The number of benzene rings is 2. The summed E-state index contributed by atoms with van der Waals surface area (Å²) in [7, 11) is 0. The van der Waals surface area contributed by atoms with Crippen LogP contribution in [-0.2, 0) is 6.61 Å². The molecule has 0 amide bonds. The van der Waals surface area contributed by atoms with Crippen LogP contribution in [0.1, 0.15) is 34.3 Å². The molecule has 3 heteroatoms. The van der Waals surface area contributed by atoms with Gasteiger partial charge in [-0.3, -0.25) is 4.79 Å². The van der Waals surface area contributed by atoms with Crippen LogP contribution in [0.2, 0.25) is 0 Å². The molecule has 0 aromatic heterocycles. The van der Waals surface area contributed by atoms with Gasteiger partial charge >= 0.3 is 0 Å². The number of rotatable bonds is 5. The van der Waals surface area contributed by atoms with Gasteiger partial charge in [0.25, 0.3) is 0 Å². The summed E-state index contributed by atoms with van der Waals surface area (Å²) < 4.78 is 5.83. The Hall–Kier alpha value is -2.13. The third kappa shape index (κ3) is 3.99. The number of Topliss-reactive ketones (excluding diaryl/α,β-unsaturated/α-hetero) is 1. The maximum atomic E-state index is 12.6. The molecule has 0 aliphatic carbocycles. The lowest BCUT2D eigenvalue weighted by Crippen LogP contribution is -2.32. The molecule has 0 atom stereocenters. The Morgan fingerprint density at radius 2 is 1.87 bits per heavy atom. The van der Waals surface area contributed by atoms with Crippen LogP contribution >= 0.6 is 0 Å². The maximum Gasteiger partial charge on any atom is 0.166 e. The summed E-state index contributed by atoms with van der Waals surface area (Å²) in [6.45, 7) is 4.41. The van der Waals surface area contributed by atoms with Crippen LogP contribution in [0.5, 0.6) is 5.75 Å². The quantitative estimate of drug-likeness (QED) is 0.855. The summed E-state index contributed by atoms with van der Waals surface area (Å²) in [5, 5.41) is 3.30. The van der Waals surface area contributed by atoms with E-state index in [1.54, 1.807) is 0 Å². The Morgan fingerprint density at radius 1 is 1.13 bits per heavy atom. The summed E-state index contributed by atoms with van der Waals surface area (Å²) in [6, 6.07) is 15.9. The van der Waals surface area contributed by atoms with E-state index >= 15 is 0 Å². The second kappa shape index (κ2) is 7.42. The molecule has 3 rings (SSSR count). The number of aryl methyl sites for hydroxylation is 1. The van der Waals surface area contributed by atoms with Crippen LogP contribution in [0.15, 0.2) is 48.5 Å². The van der Waals surface area contributed by atoms with Crippen molar-refractivity contribution >= 4 is 5.78 Å². The molecule has 120 valence electrons. The monoisotopic (exact) mass is 309 g/mol. The number of ether oxygens (including phenoxy) is 1. The van der Waals surface area contributed by atoms with Crippen molar-refractivity contribution in [1.29, 1.82) is 0 Å². The average Bonchev–Trinajstić information content (AvgIpc) is 2.61. The Labute approximate surface area is 137 Å². The predicted molar refractivity (Wildman–Crippen MR) is 91.9 cm³/mol. The lowest BCUT2D eigenvalue weighted by atomic mass is 9.88. The molecule has 1 saturated heterocycles. The van der Waals surface area contributed by atoms with Crippen molar-refractivity contribution in [3.05, 3.63) is 65.2 Å². The number of hydrogen-bond donors (Lipinski definition) is 1. The topological polar surface area (TPSA) is 38.3 Å². The zero-order valence-corrected chi connectivity index (χ0v) is 13.5. The highest BCUT2D eigenvalue weighted by atomic mass is 16.5. The first-order valence-corrected chi connectivity index (χ1v) is 8.26. The SMILES string of the molecule is Cc1cc(OCc2ccccc2)ccc1C(=O)C1CCNCC1. The minimum atomic E-state index is 0.158. The van der Waals surface area contributed by atoms with Crippen molar-refractivity contribution in [1.82, 2.24) is 5.32 Å². The molecule has 0 radical (unpaired) electrons. The van der Waals surface area contributed by atoms with Gasteiger partial charge in [-0.05, 0) is 62.2 Å². The molecule has 2 aromatic rings. The number of carbonyl (C=O) groups excluding carboxylic acids is 1. The summed E-state index contributed by atoms with van der Waals surface area (Å²) in [5.74, 6) is 1.25. The molecule has 1 heterocycles. The van der Waals surface area contributed by atoms with E-state index < -0.39 is 0 Å². The Morgan fingerprint density at radius 3 is 2.57 bits per heavy atom. The molecular formula is C20H23NO2. The lowest BCUT2D eigenvalue weighted by Gasteiger charge is -2.22. The first-order valence-electron chi connectivity index (χ1n) is 8.26. The van der Waals surface area contributed by atoms with E-state index in [1.165, 1.54) is 0 Å². The number of ketones is 1. The van der Waals surface area contributed by atoms with E-state index in [0.717, 1.165) is 48.4 Å². The summed E-state index contributed by atoms with van der Waals surface area (Å²) in [4.78, 5) is 12.6. The number of carbonyl (C=O) groups is 1. The van der Waals surface area contributed by atoms with Crippen molar-refractivity contribution in [3.63, 3.8) is 0 Å². The van der Waals surface area contributed by atoms with Gasteiger partial charge in [-0.15, -0.1) is 0 Å². The first-order chi connectivity index (χ1) is 11.2. The van der Waals surface area contributed by atoms with Crippen LogP contribution in [0.25, 0.3) is 0 Å². The molecule has 0 unspecified atom stereocenters. The molecule has 1 aliphatic rings. The first kappa shape index (κ1) is 15.8. The molecule has 3 nitrogen and oxygen atoms in total. The van der Waals surface area contributed by atoms with Gasteiger partial charge in [0.05, 0.1) is 0 Å². The van der Waals surface area contributed by atoms with E-state index in [0.29, 0.717) is 6.61 Å². The molecule has 0 saturated carbocycles. The minimum Gasteiger partial charge on any atom is -0.489 e. The fourth-order valence-corrected chi connectivity index (χ4v) is 3.05. The predicted octanol–water partition coefficient (Wildman–Crippen LogP) is 3.76. The largest absolute Gasteiger partial charge is 0.489 e. The molecule has 1 aliphatic heterocycles. The van der Waals surface area contributed by atoms with Crippen LogP contribution < -0.4 is 10.1 Å². The summed E-state index contributed by atoms with van der Waals surface area (Å²) in [6.07, 6.45) is 1.87. The zero-order valence-electron chi connectivity index (χ0n) is 13.5. The Kier molecular flexibility index (Phi) is 5.09. The molecule has 0 bridgehead atoms. The number of nitrogens with one attached hydrogen (secondary N) is 1. The van der Waals surface area contributed by atoms with Crippen molar-refractivity contribution < 1.29 is 9.53 Å². The lowest BCUT2D eigenvalue weighted by molar-refractivity contribution is 0.0894. The normalized spacial score (nSPS) is 15.3. The Balaban J connectivity index is 1.66. The van der Waals surface area contributed by atoms with Crippen LogP contribution in [0, 0.1) is 12.8 Å². The highest BCUT2D eigenvalue weighted by molar-refractivity contribution is 5.99. The second-order valence-corrected chi connectivity index (χ2v) is 6.14. The van der Waals surface area contributed by atoms with E-state index in [4.69, 9.17) is 4.74 Å². The molecular weight excluding hydrogens is 286 g/mol. The zero-order chi connectivity index (χ0) is 16.1. The highest BCUT2D eigenvalue weighted by Crippen LogP contribution is 2.24. The van der Waals surface area contributed by atoms with Crippen LogP contribution in [0.4, 0.5) is 0 Å². The molecule has 23 heavy (non-hydrogen) atoms. The van der Waals surface area contributed by atoms with Crippen molar-refractivity contribution in [2.24, 2.45) is 5.92 Å². The maximum absolute atomic E-state index is 12.6. The van der Waals surface area contributed by atoms with Gasteiger partial charge in [-0.25, -0.2) is 0 Å². The van der Waals surface area contributed by atoms with Crippen LogP contribution in [-0.4, -0.2) is 18.9 Å². The van der Waals surface area contributed by atoms with Crippen molar-refractivity contribution in [2.45, 2.75) is 26.4 Å². The molecule has 1 N–H and O–H groups in total. The van der Waals surface area contributed by atoms with E-state index in [1.807, 2.05) is 55.5 Å². The molecule has 1 fully saturated rings.